The molecule has 0 bridgehead atoms. The first kappa shape index (κ1) is 24.4. The lowest BCUT2D eigenvalue weighted by Crippen LogP contribution is -2.32. The van der Waals surface area contributed by atoms with E-state index in [9.17, 15) is 27.6 Å². The van der Waals surface area contributed by atoms with Crippen LogP contribution in [0.25, 0.3) is 16.6 Å². The fraction of sp³-hybridized carbons (Fsp3) is 0.174. The molecule has 184 valence electrons. The number of nitrogen functional groups attached to an aromatic ring is 2. The van der Waals surface area contributed by atoms with Gasteiger partial charge in [0.15, 0.2) is 5.82 Å². The zero-order chi connectivity index (χ0) is 26.1. The Morgan fingerprint density at radius 1 is 1.11 bits per heavy atom. The van der Waals surface area contributed by atoms with Gasteiger partial charge in [-0.15, -0.1) is 0 Å². The quantitative estimate of drug-likeness (QED) is 0.381. The average Bonchev–Trinajstić information content (AvgIpc) is 2.80. The van der Waals surface area contributed by atoms with E-state index in [0.29, 0.717) is 12.5 Å². The molecule has 0 saturated carbocycles. The predicted octanol–water partition coefficient (Wildman–Crippen LogP) is 3.98. The average molecular weight is 498 g/mol. The van der Waals surface area contributed by atoms with Crippen molar-refractivity contribution in [3.05, 3.63) is 69.5 Å². The van der Waals surface area contributed by atoms with Crippen LogP contribution in [0, 0.1) is 23.0 Å². The van der Waals surface area contributed by atoms with Crippen molar-refractivity contribution < 1.29 is 17.6 Å². The highest BCUT2D eigenvalue weighted by Crippen LogP contribution is 2.32. The minimum absolute atomic E-state index is 0.0782. The van der Waals surface area contributed by atoms with Crippen molar-refractivity contribution in [1.82, 2.24) is 19.5 Å². The largest absolute Gasteiger partial charge is 0.382 e. The smallest absolute Gasteiger partial charge is 0.267 e. The highest BCUT2D eigenvalue weighted by molar-refractivity contribution is 5.84. The number of nitrogens with zero attached hydrogens (tertiary/aromatic N) is 6. The molecule has 13 heteroatoms. The van der Waals surface area contributed by atoms with Gasteiger partial charge in [0.1, 0.15) is 29.1 Å². The van der Waals surface area contributed by atoms with E-state index in [0.717, 1.165) is 22.8 Å². The van der Waals surface area contributed by atoms with Gasteiger partial charge in [-0.1, -0.05) is 19.1 Å². The molecule has 4 rings (SSSR count). The normalized spacial score (nSPS) is 11.1. The molecule has 0 aliphatic rings. The van der Waals surface area contributed by atoms with Gasteiger partial charge >= 0.3 is 0 Å². The Labute approximate surface area is 201 Å². The first-order valence-corrected chi connectivity index (χ1v) is 10.6. The second-order valence-corrected chi connectivity index (χ2v) is 7.65. The number of nitrogens with two attached hydrogens (primary N) is 2. The number of anilines is 4. The summed E-state index contributed by atoms with van der Waals surface area (Å²) in [6.07, 6.45) is -2.61. The first-order chi connectivity index (χ1) is 17.2. The lowest BCUT2D eigenvalue weighted by molar-refractivity contribution is 0.153. The van der Waals surface area contributed by atoms with E-state index in [1.807, 2.05) is 6.07 Å². The maximum absolute atomic E-state index is 14.2. The molecule has 0 fully saturated rings. The van der Waals surface area contributed by atoms with Gasteiger partial charge in [0, 0.05) is 18.2 Å². The lowest BCUT2D eigenvalue weighted by Gasteiger charge is -2.27. The van der Waals surface area contributed by atoms with E-state index < -0.39 is 34.6 Å². The topological polar surface area (TPSA) is 140 Å². The number of hydrogen-bond donors (Lipinski definition) is 2. The Bertz CT molecular complexity index is 1560. The van der Waals surface area contributed by atoms with E-state index in [1.54, 1.807) is 6.92 Å². The summed E-state index contributed by atoms with van der Waals surface area (Å²) in [7, 11) is 0. The molecule has 2 aromatic carbocycles. The summed E-state index contributed by atoms with van der Waals surface area (Å²) in [4.78, 5) is 27.3. The molecule has 4 aromatic rings. The van der Waals surface area contributed by atoms with Crippen LogP contribution < -0.4 is 21.9 Å². The molecule has 2 heterocycles. The summed E-state index contributed by atoms with van der Waals surface area (Å²) in [5.41, 5.74) is 9.39. The molecular formula is C23H18F4N8O. The Morgan fingerprint density at radius 3 is 2.42 bits per heavy atom. The van der Waals surface area contributed by atoms with Crippen LogP contribution in [0.4, 0.5) is 41.1 Å². The molecule has 0 unspecified atom stereocenters. The predicted molar refractivity (Wildman–Crippen MR) is 125 cm³/mol. The standard InChI is InChI=1S/C23H18F4N8O/c1-2-6-34(20-15(10-28)19(29)32-22(30)33-20)23-31-16-5-3-4-14(18(26)27)17(16)21(36)35(23)13-8-11(24)7-12(25)9-13/h3-5,7-9,18H,2,6H2,1H3,(H4,29,30,32,33). The summed E-state index contributed by atoms with van der Waals surface area (Å²) >= 11 is 0. The van der Waals surface area contributed by atoms with Crippen molar-refractivity contribution in [2.75, 3.05) is 22.9 Å². The second kappa shape index (κ2) is 9.49. The van der Waals surface area contributed by atoms with E-state index in [2.05, 4.69) is 15.0 Å². The van der Waals surface area contributed by atoms with Crippen molar-refractivity contribution in [2.45, 2.75) is 19.8 Å². The van der Waals surface area contributed by atoms with Crippen LogP contribution >= 0.6 is 0 Å². The molecule has 36 heavy (non-hydrogen) atoms. The summed E-state index contributed by atoms with van der Waals surface area (Å²) < 4.78 is 56.7. The molecule has 9 nitrogen and oxygen atoms in total. The number of nitriles is 1. The van der Waals surface area contributed by atoms with Gasteiger partial charge in [0.25, 0.3) is 12.0 Å². The minimum atomic E-state index is -3.02. The SMILES string of the molecule is CCCN(c1nc(N)nc(N)c1C#N)c1nc2cccc(C(F)F)c2c(=O)n1-c1cc(F)cc(F)c1. The number of alkyl halides is 2. The number of halogens is 4. The van der Waals surface area contributed by atoms with Crippen molar-refractivity contribution in [3.63, 3.8) is 0 Å². The lowest BCUT2D eigenvalue weighted by atomic mass is 10.1. The molecule has 0 aliphatic carbocycles. The maximum Gasteiger partial charge on any atom is 0.267 e. The van der Waals surface area contributed by atoms with Gasteiger partial charge in [-0.25, -0.2) is 27.1 Å². The molecule has 4 N–H and O–H groups in total. The fourth-order valence-electron chi connectivity index (χ4n) is 3.82. The zero-order valence-electron chi connectivity index (χ0n) is 18.7. The summed E-state index contributed by atoms with van der Waals surface area (Å²) in [5, 5.41) is 9.26. The Hall–Kier alpha value is -4.73. The molecule has 0 spiro atoms. The maximum atomic E-state index is 14.2. The van der Waals surface area contributed by atoms with E-state index >= 15 is 0 Å². The van der Waals surface area contributed by atoms with Crippen molar-refractivity contribution in [3.8, 4) is 11.8 Å². The van der Waals surface area contributed by atoms with Crippen LogP contribution in [0.5, 0.6) is 0 Å². The molecule has 0 radical (unpaired) electrons. The van der Waals surface area contributed by atoms with E-state index in [1.165, 1.54) is 17.0 Å². The third-order valence-corrected chi connectivity index (χ3v) is 5.24. The van der Waals surface area contributed by atoms with Crippen molar-refractivity contribution in [1.29, 1.82) is 5.26 Å². The molecule has 0 aliphatic heterocycles. The van der Waals surface area contributed by atoms with Crippen LogP contribution in [-0.2, 0) is 0 Å². The van der Waals surface area contributed by atoms with Crippen molar-refractivity contribution in [2.24, 2.45) is 0 Å². The van der Waals surface area contributed by atoms with Crippen LogP contribution in [-0.4, -0.2) is 26.1 Å². The number of rotatable bonds is 6. The summed E-state index contributed by atoms with van der Waals surface area (Å²) in [6.45, 7) is 1.85. The first-order valence-electron chi connectivity index (χ1n) is 10.6. The Balaban J connectivity index is 2.18. The molecular weight excluding hydrogens is 480 g/mol. The monoisotopic (exact) mass is 498 g/mol. The minimum Gasteiger partial charge on any atom is -0.382 e. The molecule has 0 amide bonds. The van der Waals surface area contributed by atoms with Gasteiger partial charge < -0.3 is 11.5 Å². The zero-order valence-corrected chi connectivity index (χ0v) is 18.7. The fourth-order valence-corrected chi connectivity index (χ4v) is 3.82. The highest BCUT2D eigenvalue weighted by Gasteiger charge is 2.27. The highest BCUT2D eigenvalue weighted by atomic mass is 19.3. The van der Waals surface area contributed by atoms with Gasteiger partial charge in [-0.05, 0) is 24.6 Å². The van der Waals surface area contributed by atoms with Gasteiger partial charge in [-0.3, -0.25) is 9.69 Å². The number of aromatic nitrogens is 4. The second-order valence-electron chi connectivity index (χ2n) is 7.65. The molecule has 0 saturated heterocycles. The van der Waals surface area contributed by atoms with E-state index in [4.69, 9.17) is 11.5 Å². The Kier molecular flexibility index (Phi) is 6.43. The third kappa shape index (κ3) is 4.24. The number of hydrogen-bond acceptors (Lipinski definition) is 8. The molecule has 0 atom stereocenters. The number of fused-ring (bicyclic) bond motifs is 1. The van der Waals surface area contributed by atoms with Crippen LogP contribution in [0.3, 0.4) is 0 Å². The summed E-state index contributed by atoms with van der Waals surface area (Å²) in [6, 6.07) is 7.89. The Morgan fingerprint density at radius 2 is 1.81 bits per heavy atom. The number of benzene rings is 2. The van der Waals surface area contributed by atoms with Crippen LogP contribution in [0.1, 0.15) is 30.9 Å². The van der Waals surface area contributed by atoms with Crippen LogP contribution in [0.15, 0.2) is 41.2 Å². The summed E-state index contributed by atoms with van der Waals surface area (Å²) in [5.74, 6) is -2.92. The van der Waals surface area contributed by atoms with Crippen molar-refractivity contribution >= 4 is 34.4 Å². The van der Waals surface area contributed by atoms with Gasteiger partial charge in [-0.2, -0.15) is 15.2 Å². The molecule has 2 aromatic heterocycles. The van der Waals surface area contributed by atoms with E-state index in [-0.39, 0.29) is 46.8 Å². The van der Waals surface area contributed by atoms with Gasteiger partial charge in [0.05, 0.1) is 16.6 Å². The van der Waals surface area contributed by atoms with Crippen LogP contribution in [0.2, 0.25) is 0 Å². The van der Waals surface area contributed by atoms with Gasteiger partial charge in [0.2, 0.25) is 11.9 Å². The third-order valence-electron chi connectivity index (χ3n) is 5.24.